The van der Waals surface area contributed by atoms with Crippen LogP contribution in [0.5, 0.6) is 23.0 Å². The molecule has 3 aliphatic heterocycles. The van der Waals surface area contributed by atoms with Gasteiger partial charge in [-0.15, -0.1) is 10.2 Å². The summed E-state index contributed by atoms with van der Waals surface area (Å²) in [5, 5.41) is 16.5. The standard InChI is InChI=1S/C45H57N5O9S/c1-53-35-12-10-33(26-37(35)55-3)43(14-20-57-21-15-43)30-46-39(51)28-50-41(45(18-24-59-25-19-45)32-8-6-5-7-9-32)48-49-42(50)60-29-40(52)47-31-44(16-22-58-23-17-44)34-11-13-36(54-2)38(27-34)56-4/h5-13,26-27H,14-25,28-31H2,1-4H3,(H,46,51)(H,47,52). The molecular weight excluding hydrogens is 787 g/mol. The van der Waals surface area contributed by atoms with Crippen LogP contribution in [-0.4, -0.2) is 114 Å². The van der Waals surface area contributed by atoms with Crippen molar-refractivity contribution in [1.82, 2.24) is 25.4 Å². The molecule has 4 heterocycles. The summed E-state index contributed by atoms with van der Waals surface area (Å²) in [5.74, 6) is 3.02. The van der Waals surface area contributed by atoms with Crippen LogP contribution in [0.25, 0.3) is 0 Å². The molecule has 1 aromatic heterocycles. The van der Waals surface area contributed by atoms with Crippen LogP contribution in [0.1, 0.15) is 61.0 Å². The summed E-state index contributed by atoms with van der Waals surface area (Å²) in [6.07, 6.45) is 4.30. The van der Waals surface area contributed by atoms with E-state index in [1.54, 1.807) is 28.4 Å². The van der Waals surface area contributed by atoms with Crippen molar-refractivity contribution in [3.05, 3.63) is 89.2 Å². The Kier molecular flexibility index (Phi) is 14.2. The molecule has 0 saturated carbocycles. The molecule has 0 bridgehead atoms. The van der Waals surface area contributed by atoms with Gasteiger partial charge in [0.05, 0.1) is 39.6 Å². The number of aromatic nitrogens is 3. The van der Waals surface area contributed by atoms with Gasteiger partial charge in [-0.2, -0.15) is 0 Å². The highest BCUT2D eigenvalue weighted by atomic mass is 32.2. The Morgan fingerprint density at radius 3 is 1.60 bits per heavy atom. The second-order valence-electron chi connectivity index (χ2n) is 15.7. The van der Waals surface area contributed by atoms with E-state index in [9.17, 15) is 9.59 Å². The minimum Gasteiger partial charge on any atom is -0.493 e. The van der Waals surface area contributed by atoms with Gasteiger partial charge in [0.15, 0.2) is 28.2 Å². The molecule has 3 aromatic carbocycles. The number of thioether (sulfide) groups is 1. The van der Waals surface area contributed by atoms with Crippen molar-refractivity contribution in [2.75, 3.05) is 86.9 Å². The third-order valence-electron chi connectivity index (χ3n) is 12.6. The summed E-state index contributed by atoms with van der Waals surface area (Å²) in [6.45, 7) is 4.22. The molecule has 0 atom stereocenters. The van der Waals surface area contributed by atoms with E-state index in [0.717, 1.165) is 42.4 Å². The van der Waals surface area contributed by atoms with Crippen molar-refractivity contribution in [3.63, 3.8) is 0 Å². The predicted octanol–water partition coefficient (Wildman–Crippen LogP) is 5.23. The maximum Gasteiger partial charge on any atom is 0.240 e. The van der Waals surface area contributed by atoms with Crippen molar-refractivity contribution in [3.8, 4) is 23.0 Å². The summed E-state index contributed by atoms with van der Waals surface area (Å²) < 4.78 is 41.6. The fraction of sp³-hybridized carbons (Fsp3) is 0.511. The monoisotopic (exact) mass is 843 g/mol. The average molecular weight is 844 g/mol. The van der Waals surface area contributed by atoms with Gasteiger partial charge in [0.25, 0.3) is 0 Å². The van der Waals surface area contributed by atoms with Gasteiger partial charge in [0.2, 0.25) is 11.8 Å². The van der Waals surface area contributed by atoms with Crippen LogP contribution in [0.3, 0.4) is 0 Å². The van der Waals surface area contributed by atoms with Gasteiger partial charge in [-0.1, -0.05) is 54.2 Å². The number of benzene rings is 3. The molecule has 0 unspecified atom stereocenters. The highest BCUT2D eigenvalue weighted by Crippen LogP contribution is 2.43. The number of amides is 2. The Morgan fingerprint density at radius 2 is 1.10 bits per heavy atom. The zero-order chi connectivity index (χ0) is 42.0. The highest BCUT2D eigenvalue weighted by Gasteiger charge is 2.42. The molecule has 3 aliphatic rings. The molecule has 0 radical (unpaired) electrons. The zero-order valence-electron chi connectivity index (χ0n) is 35.1. The Labute approximate surface area is 356 Å². The van der Waals surface area contributed by atoms with Gasteiger partial charge in [0.1, 0.15) is 12.4 Å². The van der Waals surface area contributed by atoms with Crippen LogP contribution < -0.4 is 29.6 Å². The van der Waals surface area contributed by atoms with Crippen molar-refractivity contribution in [1.29, 1.82) is 0 Å². The van der Waals surface area contributed by atoms with E-state index >= 15 is 0 Å². The number of methoxy groups -OCH3 is 4. The van der Waals surface area contributed by atoms with Crippen LogP contribution in [0, 0.1) is 0 Å². The topological polar surface area (TPSA) is 154 Å². The maximum absolute atomic E-state index is 14.2. The minimum absolute atomic E-state index is 0.0251. The van der Waals surface area contributed by atoms with E-state index in [2.05, 4.69) is 27.9 Å². The number of rotatable bonds is 17. The molecule has 3 fully saturated rings. The van der Waals surface area contributed by atoms with Crippen molar-refractivity contribution in [2.45, 2.75) is 66.5 Å². The smallest absolute Gasteiger partial charge is 0.240 e. The normalized spacial score (nSPS) is 18.2. The molecule has 322 valence electrons. The second kappa shape index (κ2) is 19.7. The number of nitrogens with one attached hydrogen (secondary N) is 2. The van der Waals surface area contributed by atoms with Crippen LogP contribution in [0.2, 0.25) is 0 Å². The minimum atomic E-state index is -0.537. The van der Waals surface area contributed by atoms with Gasteiger partial charge in [-0.3, -0.25) is 14.2 Å². The summed E-state index contributed by atoms with van der Waals surface area (Å²) in [7, 11) is 6.48. The number of hydrogen-bond acceptors (Lipinski definition) is 12. The summed E-state index contributed by atoms with van der Waals surface area (Å²) in [6, 6.07) is 22.1. The molecule has 0 aliphatic carbocycles. The average Bonchev–Trinajstić information content (AvgIpc) is 3.72. The Balaban J connectivity index is 1.12. The molecule has 3 saturated heterocycles. The van der Waals surface area contributed by atoms with Crippen molar-refractivity contribution < 1.29 is 42.7 Å². The SMILES string of the molecule is COc1ccc(C2(CNC(=O)CSc3nnc(C4(c5ccccc5)CCOCC4)n3CC(=O)NCC3(c4ccc(OC)c(OC)c4)CCOCC3)CCOCC2)cc1OC. The largest absolute Gasteiger partial charge is 0.493 e. The first kappa shape index (κ1) is 43.3. The van der Waals surface area contributed by atoms with Gasteiger partial charge in [-0.05, 0) is 79.5 Å². The van der Waals surface area contributed by atoms with Crippen LogP contribution >= 0.6 is 11.8 Å². The van der Waals surface area contributed by atoms with Crippen LogP contribution in [0.4, 0.5) is 0 Å². The maximum atomic E-state index is 14.2. The predicted molar refractivity (Wildman–Crippen MR) is 227 cm³/mol. The molecule has 2 N–H and O–H groups in total. The number of carbonyl (C=O) groups is 2. The number of carbonyl (C=O) groups excluding carboxylic acids is 2. The van der Waals surface area contributed by atoms with Crippen molar-refractivity contribution >= 4 is 23.6 Å². The van der Waals surface area contributed by atoms with Gasteiger partial charge in [-0.25, -0.2) is 0 Å². The first-order chi connectivity index (χ1) is 29.3. The van der Waals surface area contributed by atoms with E-state index < -0.39 is 5.41 Å². The lowest BCUT2D eigenvalue weighted by molar-refractivity contribution is -0.122. The Bertz CT molecular complexity index is 2060. The number of hydrogen-bond donors (Lipinski definition) is 2. The van der Waals surface area contributed by atoms with Crippen molar-refractivity contribution in [2.24, 2.45) is 0 Å². The summed E-state index contributed by atoms with van der Waals surface area (Å²) in [5.41, 5.74) is 1.95. The third kappa shape index (κ3) is 9.24. The van der Waals surface area contributed by atoms with E-state index in [4.69, 9.17) is 38.3 Å². The first-order valence-corrected chi connectivity index (χ1v) is 21.6. The Morgan fingerprint density at radius 1 is 0.617 bits per heavy atom. The molecule has 60 heavy (non-hydrogen) atoms. The van der Waals surface area contributed by atoms with Gasteiger partial charge >= 0.3 is 0 Å². The third-order valence-corrected chi connectivity index (χ3v) is 13.6. The molecule has 4 aromatic rings. The summed E-state index contributed by atoms with van der Waals surface area (Å²) >= 11 is 1.28. The molecule has 2 amide bonds. The first-order valence-electron chi connectivity index (χ1n) is 20.6. The highest BCUT2D eigenvalue weighted by molar-refractivity contribution is 7.99. The molecule has 7 rings (SSSR count). The zero-order valence-corrected chi connectivity index (χ0v) is 35.9. The number of ether oxygens (including phenoxy) is 7. The van der Waals surface area contributed by atoms with E-state index in [0.29, 0.717) is 99.6 Å². The number of nitrogens with zero attached hydrogens (tertiary/aromatic N) is 3. The van der Waals surface area contributed by atoms with Gasteiger partial charge < -0.3 is 43.8 Å². The fourth-order valence-electron chi connectivity index (χ4n) is 8.92. The molecular formula is C45H57N5O9S. The van der Waals surface area contributed by atoms with Crippen LogP contribution in [-0.2, 0) is 46.6 Å². The second-order valence-corrected chi connectivity index (χ2v) is 16.7. The molecule has 14 nitrogen and oxygen atoms in total. The van der Waals surface area contributed by atoms with E-state index in [1.165, 1.54) is 11.8 Å². The Hall–Kier alpha value is -4.83. The summed E-state index contributed by atoms with van der Waals surface area (Å²) in [4.78, 5) is 28.0. The van der Waals surface area contributed by atoms with Crippen LogP contribution in [0.15, 0.2) is 71.9 Å². The quantitative estimate of drug-likeness (QED) is 0.134. The fourth-order valence-corrected chi connectivity index (χ4v) is 9.69. The van der Waals surface area contributed by atoms with E-state index in [-0.39, 0.29) is 34.9 Å². The lowest BCUT2D eigenvalue weighted by atomic mass is 9.73. The lowest BCUT2D eigenvalue weighted by Gasteiger charge is -2.38. The molecule has 15 heteroatoms. The van der Waals surface area contributed by atoms with Gasteiger partial charge in [0, 0.05) is 63.6 Å². The molecule has 0 spiro atoms. The lowest BCUT2D eigenvalue weighted by Crippen LogP contribution is -2.46. The van der Waals surface area contributed by atoms with E-state index in [1.807, 2.05) is 59.2 Å².